The van der Waals surface area contributed by atoms with Crippen LogP contribution in [0.2, 0.25) is 5.02 Å². The fraction of sp³-hybridized carbons (Fsp3) is 0.286. The average Bonchev–Trinajstić information content (AvgIpc) is 2.81. The Bertz CT molecular complexity index is 549. The third-order valence-corrected chi connectivity index (χ3v) is 3.19. The second kappa shape index (κ2) is 5.46. The van der Waals surface area contributed by atoms with Crippen LogP contribution in [-0.2, 0) is 13.0 Å². The maximum Gasteiger partial charge on any atom is 0.137 e. The summed E-state index contributed by atoms with van der Waals surface area (Å²) in [5, 5.41) is 0.615. The monoisotopic (exact) mass is 265 g/mol. The van der Waals surface area contributed by atoms with Crippen molar-refractivity contribution in [3.8, 4) is 5.75 Å². The van der Waals surface area contributed by atoms with Gasteiger partial charge in [0.05, 0.1) is 18.7 Å². The summed E-state index contributed by atoms with van der Waals surface area (Å²) < 4.78 is 10.8. The topological polar surface area (TPSA) is 48.4 Å². The molecule has 0 fully saturated rings. The molecule has 2 N–H and O–H groups in total. The predicted molar refractivity (Wildman–Crippen MR) is 72.1 cm³/mol. The molecule has 0 unspecified atom stereocenters. The predicted octanol–water partition coefficient (Wildman–Crippen LogP) is 3.30. The Labute approximate surface area is 111 Å². The summed E-state index contributed by atoms with van der Waals surface area (Å²) >= 11 is 6.12. The van der Waals surface area contributed by atoms with Gasteiger partial charge in [-0.3, -0.25) is 0 Å². The van der Waals surface area contributed by atoms with Gasteiger partial charge in [-0.25, -0.2) is 0 Å². The molecule has 0 bridgehead atoms. The number of nitrogens with two attached hydrogens (primary N) is 1. The van der Waals surface area contributed by atoms with Crippen LogP contribution < -0.4 is 10.5 Å². The number of aryl methyl sites for hydroxylation is 1. The van der Waals surface area contributed by atoms with E-state index in [1.807, 2.05) is 31.2 Å². The molecule has 4 heteroatoms. The number of halogens is 1. The van der Waals surface area contributed by atoms with Crippen LogP contribution >= 0.6 is 11.6 Å². The number of rotatable bonds is 4. The van der Waals surface area contributed by atoms with Gasteiger partial charge in [-0.05, 0) is 42.3 Å². The molecule has 18 heavy (non-hydrogen) atoms. The molecule has 2 rings (SSSR count). The standard InChI is InChI=1S/C14H16ClNO2/c1-9-5-14(17-2)13(15)7-10(9)6-11-3-4-12(8-16)18-11/h3-5,7H,6,8,16H2,1-2H3. The van der Waals surface area contributed by atoms with Crippen molar-refractivity contribution >= 4 is 11.6 Å². The second-order valence-electron chi connectivity index (χ2n) is 4.16. The molecule has 0 saturated heterocycles. The molecule has 0 radical (unpaired) electrons. The highest BCUT2D eigenvalue weighted by Gasteiger charge is 2.09. The van der Waals surface area contributed by atoms with Gasteiger partial charge in [0.1, 0.15) is 17.3 Å². The van der Waals surface area contributed by atoms with Gasteiger partial charge in [0.15, 0.2) is 0 Å². The molecule has 0 aliphatic rings. The zero-order valence-corrected chi connectivity index (χ0v) is 11.3. The van der Waals surface area contributed by atoms with E-state index in [1.54, 1.807) is 7.11 Å². The van der Waals surface area contributed by atoms with Crippen LogP contribution in [-0.4, -0.2) is 7.11 Å². The normalized spacial score (nSPS) is 10.7. The van der Waals surface area contributed by atoms with Gasteiger partial charge in [-0.1, -0.05) is 11.6 Å². The van der Waals surface area contributed by atoms with Crippen molar-refractivity contribution in [1.82, 2.24) is 0 Å². The molecule has 3 nitrogen and oxygen atoms in total. The van der Waals surface area contributed by atoms with Crippen molar-refractivity contribution in [2.45, 2.75) is 19.9 Å². The lowest BCUT2D eigenvalue weighted by atomic mass is 10.0. The maximum absolute atomic E-state index is 6.12. The van der Waals surface area contributed by atoms with Crippen LogP contribution in [0.4, 0.5) is 0 Å². The third kappa shape index (κ3) is 2.68. The molecule has 0 amide bonds. The van der Waals surface area contributed by atoms with Crippen molar-refractivity contribution in [2.24, 2.45) is 5.73 Å². The molecule has 0 atom stereocenters. The number of benzene rings is 1. The minimum atomic E-state index is 0.419. The van der Waals surface area contributed by atoms with Crippen LogP contribution in [0.5, 0.6) is 5.75 Å². The van der Waals surface area contributed by atoms with Crippen LogP contribution in [0.3, 0.4) is 0 Å². The van der Waals surface area contributed by atoms with Crippen LogP contribution in [0.15, 0.2) is 28.7 Å². The van der Waals surface area contributed by atoms with Gasteiger partial charge in [-0.2, -0.15) is 0 Å². The highest BCUT2D eigenvalue weighted by molar-refractivity contribution is 6.32. The van der Waals surface area contributed by atoms with E-state index in [-0.39, 0.29) is 0 Å². The lowest BCUT2D eigenvalue weighted by Crippen LogP contribution is -1.94. The fourth-order valence-electron chi connectivity index (χ4n) is 1.86. The largest absolute Gasteiger partial charge is 0.495 e. The minimum Gasteiger partial charge on any atom is -0.495 e. The molecule has 0 aliphatic carbocycles. The van der Waals surface area contributed by atoms with Gasteiger partial charge in [0, 0.05) is 6.42 Å². The van der Waals surface area contributed by atoms with E-state index >= 15 is 0 Å². The summed E-state index contributed by atoms with van der Waals surface area (Å²) in [7, 11) is 1.61. The lowest BCUT2D eigenvalue weighted by Gasteiger charge is -2.09. The van der Waals surface area contributed by atoms with Gasteiger partial charge in [0.2, 0.25) is 0 Å². The van der Waals surface area contributed by atoms with E-state index in [0.29, 0.717) is 23.7 Å². The molecule has 96 valence electrons. The summed E-state index contributed by atoms with van der Waals surface area (Å²) in [5.41, 5.74) is 7.77. The van der Waals surface area contributed by atoms with Crippen LogP contribution in [0, 0.1) is 6.92 Å². The van der Waals surface area contributed by atoms with E-state index in [1.165, 1.54) is 0 Å². The number of ether oxygens (including phenoxy) is 1. The summed E-state index contributed by atoms with van der Waals surface area (Å²) in [6, 6.07) is 7.69. The smallest absolute Gasteiger partial charge is 0.137 e. The third-order valence-electron chi connectivity index (χ3n) is 2.89. The summed E-state index contributed by atoms with van der Waals surface area (Å²) in [5.74, 6) is 2.38. The van der Waals surface area contributed by atoms with Crippen molar-refractivity contribution in [1.29, 1.82) is 0 Å². The van der Waals surface area contributed by atoms with E-state index in [4.69, 9.17) is 26.5 Å². The van der Waals surface area contributed by atoms with Gasteiger partial charge in [0.25, 0.3) is 0 Å². The number of methoxy groups -OCH3 is 1. The van der Waals surface area contributed by atoms with Gasteiger partial charge >= 0.3 is 0 Å². The molecule has 1 aromatic heterocycles. The Balaban J connectivity index is 2.26. The molecule has 0 spiro atoms. The SMILES string of the molecule is COc1cc(C)c(Cc2ccc(CN)o2)cc1Cl. The molecule has 0 saturated carbocycles. The first-order valence-electron chi connectivity index (χ1n) is 5.74. The van der Waals surface area contributed by atoms with E-state index < -0.39 is 0 Å². The first kappa shape index (κ1) is 13.0. The van der Waals surface area contributed by atoms with Crippen molar-refractivity contribution in [2.75, 3.05) is 7.11 Å². The van der Waals surface area contributed by atoms with E-state index in [0.717, 1.165) is 22.6 Å². The van der Waals surface area contributed by atoms with Crippen molar-refractivity contribution < 1.29 is 9.15 Å². The lowest BCUT2D eigenvalue weighted by molar-refractivity contribution is 0.414. The van der Waals surface area contributed by atoms with Gasteiger partial charge in [-0.15, -0.1) is 0 Å². The first-order valence-corrected chi connectivity index (χ1v) is 6.12. The summed E-state index contributed by atoms with van der Waals surface area (Å²) in [4.78, 5) is 0. The number of hydrogen-bond donors (Lipinski definition) is 1. The van der Waals surface area contributed by atoms with Crippen LogP contribution in [0.25, 0.3) is 0 Å². The zero-order chi connectivity index (χ0) is 13.1. The van der Waals surface area contributed by atoms with Gasteiger partial charge < -0.3 is 14.9 Å². The minimum absolute atomic E-state index is 0.419. The van der Waals surface area contributed by atoms with E-state index in [9.17, 15) is 0 Å². The molecule has 1 heterocycles. The number of hydrogen-bond acceptors (Lipinski definition) is 3. The summed E-state index contributed by atoms with van der Waals surface area (Å²) in [6.07, 6.45) is 0.704. The molecule has 2 aromatic rings. The fourth-order valence-corrected chi connectivity index (χ4v) is 2.12. The average molecular weight is 266 g/mol. The zero-order valence-electron chi connectivity index (χ0n) is 10.5. The van der Waals surface area contributed by atoms with Crippen molar-refractivity contribution in [3.05, 3.63) is 51.9 Å². The first-order chi connectivity index (χ1) is 8.63. The number of furan rings is 1. The summed E-state index contributed by atoms with van der Waals surface area (Å²) in [6.45, 7) is 2.45. The Morgan fingerprint density at radius 2 is 2.00 bits per heavy atom. The molecule has 0 aliphatic heterocycles. The second-order valence-corrected chi connectivity index (χ2v) is 4.57. The van der Waals surface area contributed by atoms with E-state index in [2.05, 4.69) is 0 Å². The molecular formula is C14H16ClNO2. The molecule has 1 aromatic carbocycles. The van der Waals surface area contributed by atoms with Crippen LogP contribution in [0.1, 0.15) is 22.6 Å². The Hall–Kier alpha value is -1.45. The highest BCUT2D eigenvalue weighted by Crippen LogP contribution is 2.29. The maximum atomic E-state index is 6.12. The Kier molecular flexibility index (Phi) is 3.94. The Morgan fingerprint density at radius 3 is 2.61 bits per heavy atom. The molecular weight excluding hydrogens is 250 g/mol. The highest BCUT2D eigenvalue weighted by atomic mass is 35.5. The Morgan fingerprint density at radius 1 is 1.28 bits per heavy atom. The van der Waals surface area contributed by atoms with Crippen molar-refractivity contribution in [3.63, 3.8) is 0 Å². The quantitative estimate of drug-likeness (QED) is 0.923.